The van der Waals surface area contributed by atoms with Gasteiger partial charge in [0.25, 0.3) is 9.05 Å². The van der Waals surface area contributed by atoms with E-state index in [0.717, 1.165) is 12.1 Å². The van der Waals surface area contributed by atoms with E-state index in [0.29, 0.717) is 6.20 Å². The zero-order valence-electron chi connectivity index (χ0n) is 6.82. The molecule has 1 rings (SSSR count). The number of nitrogens with zero attached hydrogens (tertiary/aromatic N) is 1. The molecule has 9 heteroatoms. The van der Waals surface area contributed by atoms with Crippen LogP contribution in [-0.4, -0.2) is 19.8 Å². The third-order valence-electron chi connectivity index (χ3n) is 1.19. The van der Waals surface area contributed by atoms with Gasteiger partial charge in [0.05, 0.1) is 6.20 Å². The van der Waals surface area contributed by atoms with Gasteiger partial charge in [-0.25, -0.2) is 13.4 Å². The van der Waals surface area contributed by atoms with E-state index in [1.165, 1.54) is 0 Å². The number of hydrogen-bond donors (Lipinski definition) is 0. The van der Waals surface area contributed by atoms with E-state index in [4.69, 9.17) is 10.7 Å². The van der Waals surface area contributed by atoms with Gasteiger partial charge in [-0.05, 0) is 12.1 Å². The largest absolute Gasteiger partial charge is 0.573 e. The molecular formula is C6H3ClF3NO3S. The Morgan fingerprint density at radius 1 is 1.33 bits per heavy atom. The van der Waals surface area contributed by atoms with Crippen LogP contribution >= 0.6 is 10.7 Å². The minimum atomic E-state index is -4.84. The number of alkyl halides is 3. The number of ether oxygens (including phenoxy) is 1. The van der Waals surface area contributed by atoms with E-state index in [9.17, 15) is 21.6 Å². The highest BCUT2D eigenvalue weighted by molar-refractivity contribution is 8.13. The standard InChI is InChI=1S/C6H3ClF3NO3S/c7-15(12,13)5-2-1-4(3-11-5)14-6(8,9)10/h1-3H. The fourth-order valence-electron chi connectivity index (χ4n) is 0.705. The van der Waals surface area contributed by atoms with Crippen molar-refractivity contribution in [2.45, 2.75) is 11.4 Å². The van der Waals surface area contributed by atoms with Crippen LogP contribution in [0.1, 0.15) is 0 Å². The first-order chi connectivity index (χ1) is 6.68. The quantitative estimate of drug-likeness (QED) is 0.763. The fraction of sp³-hybridized carbons (Fsp3) is 0.167. The number of aromatic nitrogens is 1. The van der Waals surface area contributed by atoms with Crippen LogP contribution in [0.3, 0.4) is 0 Å². The molecule has 0 fully saturated rings. The van der Waals surface area contributed by atoms with Gasteiger partial charge < -0.3 is 4.74 Å². The monoisotopic (exact) mass is 261 g/mol. The number of halogens is 4. The van der Waals surface area contributed by atoms with Crippen LogP contribution in [0.5, 0.6) is 5.75 Å². The van der Waals surface area contributed by atoms with Gasteiger partial charge in [-0.3, -0.25) is 0 Å². The molecule has 0 radical (unpaired) electrons. The van der Waals surface area contributed by atoms with Gasteiger partial charge in [0.1, 0.15) is 5.75 Å². The molecule has 0 N–H and O–H groups in total. The van der Waals surface area contributed by atoms with Gasteiger partial charge in [-0.2, -0.15) is 0 Å². The molecular weight excluding hydrogens is 259 g/mol. The second-order valence-electron chi connectivity index (χ2n) is 2.32. The smallest absolute Gasteiger partial charge is 0.404 e. The zero-order chi connectivity index (χ0) is 11.7. The molecule has 0 aliphatic carbocycles. The van der Waals surface area contributed by atoms with Crippen LogP contribution < -0.4 is 4.74 Å². The van der Waals surface area contributed by atoms with E-state index in [1.54, 1.807) is 0 Å². The third kappa shape index (κ3) is 3.92. The van der Waals surface area contributed by atoms with Crippen molar-refractivity contribution in [3.05, 3.63) is 18.3 Å². The molecule has 0 saturated carbocycles. The van der Waals surface area contributed by atoms with E-state index in [1.807, 2.05) is 0 Å². The summed E-state index contributed by atoms with van der Waals surface area (Å²) >= 11 is 0. The van der Waals surface area contributed by atoms with Crippen molar-refractivity contribution < 1.29 is 26.3 Å². The van der Waals surface area contributed by atoms with Crippen LogP contribution in [0.4, 0.5) is 13.2 Å². The Morgan fingerprint density at radius 3 is 2.27 bits per heavy atom. The van der Waals surface area contributed by atoms with Crippen molar-refractivity contribution in [3.8, 4) is 5.75 Å². The van der Waals surface area contributed by atoms with Crippen LogP contribution in [-0.2, 0) is 9.05 Å². The summed E-state index contributed by atoms with van der Waals surface area (Å²) in [6.07, 6.45) is -4.23. The summed E-state index contributed by atoms with van der Waals surface area (Å²) in [5.74, 6) is -0.619. The minimum Gasteiger partial charge on any atom is -0.404 e. The van der Waals surface area contributed by atoms with Crippen molar-refractivity contribution >= 4 is 19.7 Å². The van der Waals surface area contributed by atoms with E-state index >= 15 is 0 Å². The van der Waals surface area contributed by atoms with Crippen LogP contribution in [0.25, 0.3) is 0 Å². The first-order valence-corrected chi connectivity index (χ1v) is 5.66. The summed E-state index contributed by atoms with van der Waals surface area (Å²) in [6, 6.07) is 1.61. The Morgan fingerprint density at radius 2 is 1.93 bits per heavy atom. The number of hydrogen-bond acceptors (Lipinski definition) is 4. The SMILES string of the molecule is O=S(=O)(Cl)c1ccc(OC(F)(F)F)cn1. The van der Waals surface area contributed by atoms with E-state index in [2.05, 4.69) is 9.72 Å². The molecule has 0 bridgehead atoms. The average molecular weight is 262 g/mol. The number of rotatable bonds is 2. The van der Waals surface area contributed by atoms with E-state index in [-0.39, 0.29) is 0 Å². The first-order valence-electron chi connectivity index (χ1n) is 3.35. The summed E-state index contributed by atoms with van der Waals surface area (Å²) in [6.45, 7) is 0. The van der Waals surface area contributed by atoms with Crippen LogP contribution in [0.2, 0.25) is 0 Å². The molecule has 0 aromatic carbocycles. The zero-order valence-corrected chi connectivity index (χ0v) is 8.40. The Balaban J connectivity index is 2.92. The number of pyridine rings is 1. The molecule has 15 heavy (non-hydrogen) atoms. The van der Waals surface area contributed by atoms with Gasteiger partial charge in [0.2, 0.25) is 0 Å². The summed E-state index contributed by atoms with van der Waals surface area (Å²) in [4.78, 5) is 3.19. The summed E-state index contributed by atoms with van der Waals surface area (Å²) in [5.41, 5.74) is 0. The molecule has 0 unspecified atom stereocenters. The average Bonchev–Trinajstić information content (AvgIpc) is 2.00. The lowest BCUT2D eigenvalue weighted by Crippen LogP contribution is -2.17. The molecule has 0 spiro atoms. The molecule has 0 amide bonds. The van der Waals surface area contributed by atoms with Crippen LogP contribution in [0, 0.1) is 0 Å². The predicted molar refractivity (Wildman–Crippen MR) is 44.0 cm³/mol. The van der Waals surface area contributed by atoms with Gasteiger partial charge in [0, 0.05) is 10.7 Å². The third-order valence-corrected chi connectivity index (χ3v) is 2.41. The predicted octanol–water partition coefficient (Wildman–Crippen LogP) is 1.91. The molecule has 0 atom stereocenters. The highest BCUT2D eigenvalue weighted by Crippen LogP contribution is 2.23. The molecule has 1 heterocycles. The fourth-order valence-corrected chi connectivity index (χ4v) is 1.39. The van der Waals surface area contributed by atoms with Crippen molar-refractivity contribution in [1.29, 1.82) is 0 Å². The normalized spacial score (nSPS) is 12.5. The van der Waals surface area contributed by atoms with Crippen LogP contribution in [0.15, 0.2) is 23.4 Å². The van der Waals surface area contributed by atoms with Crippen molar-refractivity contribution in [2.75, 3.05) is 0 Å². The second kappa shape index (κ2) is 3.86. The lowest BCUT2D eigenvalue weighted by Gasteiger charge is -2.07. The van der Waals surface area contributed by atoms with Gasteiger partial charge in [0.15, 0.2) is 5.03 Å². The summed E-state index contributed by atoms with van der Waals surface area (Å²) in [5, 5.41) is -0.543. The second-order valence-corrected chi connectivity index (χ2v) is 4.83. The lowest BCUT2D eigenvalue weighted by atomic mass is 10.5. The maximum atomic E-state index is 11.7. The van der Waals surface area contributed by atoms with Gasteiger partial charge in [-0.1, -0.05) is 0 Å². The molecule has 0 aliphatic heterocycles. The Hall–Kier alpha value is -1.02. The lowest BCUT2D eigenvalue weighted by molar-refractivity contribution is -0.274. The molecule has 84 valence electrons. The Kier molecular flexibility index (Phi) is 3.10. The summed E-state index contributed by atoms with van der Waals surface area (Å²) in [7, 11) is 0.852. The highest BCUT2D eigenvalue weighted by atomic mass is 35.7. The molecule has 0 saturated heterocycles. The maximum Gasteiger partial charge on any atom is 0.573 e. The van der Waals surface area contributed by atoms with Gasteiger partial charge in [-0.15, -0.1) is 13.2 Å². The highest BCUT2D eigenvalue weighted by Gasteiger charge is 2.31. The molecule has 0 aliphatic rings. The molecule has 4 nitrogen and oxygen atoms in total. The first kappa shape index (κ1) is 12.1. The molecule has 1 aromatic rings. The Bertz CT molecular complexity index is 442. The summed E-state index contributed by atoms with van der Waals surface area (Å²) < 4.78 is 59.9. The maximum absolute atomic E-state index is 11.7. The van der Waals surface area contributed by atoms with Crippen molar-refractivity contribution in [2.24, 2.45) is 0 Å². The van der Waals surface area contributed by atoms with Gasteiger partial charge >= 0.3 is 6.36 Å². The minimum absolute atomic E-state index is 0.543. The van der Waals surface area contributed by atoms with Crippen molar-refractivity contribution in [3.63, 3.8) is 0 Å². The molecule has 1 aromatic heterocycles. The Labute approximate surface area is 87.1 Å². The topological polar surface area (TPSA) is 56.3 Å². The van der Waals surface area contributed by atoms with E-state index < -0.39 is 26.2 Å². The van der Waals surface area contributed by atoms with Crippen molar-refractivity contribution in [1.82, 2.24) is 4.98 Å².